The number of aromatic hydroxyl groups is 1. The van der Waals surface area contributed by atoms with Crippen LogP contribution in [-0.4, -0.2) is 11.5 Å². The molecule has 0 heterocycles. The van der Waals surface area contributed by atoms with Gasteiger partial charge in [0, 0.05) is 15.6 Å². The third-order valence-corrected chi connectivity index (χ3v) is 2.99. The average Bonchev–Trinajstić information content (AvgIpc) is 2.33. The molecule has 0 amide bonds. The highest BCUT2D eigenvalue weighted by Crippen LogP contribution is 2.37. The minimum Gasteiger partial charge on any atom is -0.504 e. The normalized spacial score (nSPS) is 11.4. The van der Waals surface area contributed by atoms with Crippen LogP contribution >= 0.6 is 23.2 Å². The number of benzene rings is 2. The van der Waals surface area contributed by atoms with Crippen LogP contribution in [0.2, 0.25) is 10.0 Å². The number of alkyl halides is 3. The molecule has 2 aromatic carbocycles. The SMILES string of the molecule is Oc1cc(-c2cc(Cl)ccc2Cl)ccc1OC(F)(F)F. The van der Waals surface area contributed by atoms with E-state index in [-0.39, 0.29) is 0 Å². The second kappa shape index (κ2) is 5.42. The van der Waals surface area contributed by atoms with Gasteiger partial charge in [0.15, 0.2) is 11.5 Å². The molecule has 106 valence electrons. The minimum atomic E-state index is -4.87. The molecular formula is C13H7Cl2F3O2. The Balaban J connectivity index is 2.41. The Bertz CT molecular complexity index is 642. The number of halogens is 5. The quantitative estimate of drug-likeness (QED) is 0.816. The maximum absolute atomic E-state index is 12.1. The topological polar surface area (TPSA) is 29.5 Å². The van der Waals surface area contributed by atoms with E-state index in [9.17, 15) is 18.3 Å². The molecule has 0 aliphatic heterocycles. The van der Waals surface area contributed by atoms with Gasteiger partial charge in [0.25, 0.3) is 0 Å². The number of rotatable bonds is 2. The third kappa shape index (κ3) is 3.49. The summed E-state index contributed by atoms with van der Waals surface area (Å²) in [5, 5.41) is 10.4. The zero-order chi connectivity index (χ0) is 14.9. The standard InChI is InChI=1S/C13H7Cl2F3O2/c14-8-2-3-10(15)9(6-8)7-1-4-12(11(19)5-7)20-13(16,17)18/h1-6,19H. The number of phenols is 1. The molecule has 0 saturated heterocycles. The molecule has 20 heavy (non-hydrogen) atoms. The largest absolute Gasteiger partial charge is 0.573 e. The highest BCUT2D eigenvalue weighted by molar-refractivity contribution is 6.35. The number of hydrogen-bond donors (Lipinski definition) is 1. The maximum Gasteiger partial charge on any atom is 0.573 e. The predicted octanol–water partition coefficient (Wildman–Crippen LogP) is 5.26. The van der Waals surface area contributed by atoms with Gasteiger partial charge in [-0.05, 0) is 35.9 Å². The summed E-state index contributed by atoms with van der Waals surface area (Å²) in [5.74, 6) is -1.32. The van der Waals surface area contributed by atoms with Gasteiger partial charge in [-0.2, -0.15) is 0 Å². The van der Waals surface area contributed by atoms with Crippen molar-refractivity contribution in [3.05, 3.63) is 46.4 Å². The molecule has 0 aliphatic carbocycles. The first kappa shape index (κ1) is 14.8. The lowest BCUT2D eigenvalue weighted by atomic mass is 10.1. The van der Waals surface area contributed by atoms with Gasteiger partial charge in [-0.1, -0.05) is 29.3 Å². The van der Waals surface area contributed by atoms with Crippen LogP contribution in [0.4, 0.5) is 13.2 Å². The molecule has 7 heteroatoms. The molecule has 0 unspecified atom stereocenters. The molecule has 2 aromatic rings. The van der Waals surface area contributed by atoms with Gasteiger partial charge in [-0.15, -0.1) is 13.2 Å². The Labute approximate surface area is 122 Å². The van der Waals surface area contributed by atoms with Crippen LogP contribution in [0.25, 0.3) is 11.1 Å². The first-order chi connectivity index (χ1) is 9.26. The molecule has 0 bridgehead atoms. The van der Waals surface area contributed by atoms with Crippen LogP contribution in [0.1, 0.15) is 0 Å². The fourth-order valence-electron chi connectivity index (χ4n) is 1.61. The number of phenolic OH excluding ortho intramolecular Hbond substituents is 1. The molecule has 2 nitrogen and oxygen atoms in total. The van der Waals surface area contributed by atoms with Gasteiger partial charge in [-0.3, -0.25) is 0 Å². The summed E-state index contributed by atoms with van der Waals surface area (Å²) in [6.07, 6.45) is -4.87. The number of ether oxygens (including phenoxy) is 1. The van der Waals surface area contributed by atoms with E-state index in [0.29, 0.717) is 21.2 Å². The lowest BCUT2D eigenvalue weighted by molar-refractivity contribution is -0.275. The summed E-state index contributed by atoms with van der Waals surface area (Å²) in [5.41, 5.74) is 0.914. The number of hydrogen-bond acceptors (Lipinski definition) is 2. The lowest BCUT2D eigenvalue weighted by Crippen LogP contribution is -2.17. The van der Waals surface area contributed by atoms with Crippen molar-refractivity contribution in [1.29, 1.82) is 0 Å². The highest BCUT2D eigenvalue weighted by Gasteiger charge is 2.32. The van der Waals surface area contributed by atoms with E-state index in [1.54, 1.807) is 18.2 Å². The van der Waals surface area contributed by atoms with Crippen molar-refractivity contribution in [2.24, 2.45) is 0 Å². The van der Waals surface area contributed by atoms with E-state index in [0.717, 1.165) is 12.1 Å². The van der Waals surface area contributed by atoms with Crippen molar-refractivity contribution in [3.63, 3.8) is 0 Å². The van der Waals surface area contributed by atoms with Crippen LogP contribution in [0.5, 0.6) is 11.5 Å². The van der Waals surface area contributed by atoms with Crippen molar-refractivity contribution in [2.75, 3.05) is 0 Å². The van der Waals surface area contributed by atoms with Crippen molar-refractivity contribution in [2.45, 2.75) is 6.36 Å². The molecule has 0 aromatic heterocycles. The molecule has 0 aliphatic rings. The van der Waals surface area contributed by atoms with Crippen molar-refractivity contribution < 1.29 is 23.0 Å². The van der Waals surface area contributed by atoms with Crippen molar-refractivity contribution in [1.82, 2.24) is 0 Å². The van der Waals surface area contributed by atoms with Gasteiger partial charge in [0.05, 0.1) is 0 Å². The predicted molar refractivity (Wildman–Crippen MR) is 70.2 cm³/mol. The summed E-state index contributed by atoms with van der Waals surface area (Å²) in [6.45, 7) is 0. The summed E-state index contributed by atoms with van der Waals surface area (Å²) < 4.78 is 39.9. The van der Waals surface area contributed by atoms with Crippen LogP contribution in [0, 0.1) is 0 Å². The summed E-state index contributed by atoms with van der Waals surface area (Å²) >= 11 is 11.8. The Hall–Kier alpha value is -1.59. The molecule has 0 fully saturated rings. The smallest absolute Gasteiger partial charge is 0.504 e. The molecule has 2 rings (SSSR count). The first-order valence-electron chi connectivity index (χ1n) is 5.30. The Kier molecular flexibility index (Phi) is 4.01. The van der Waals surface area contributed by atoms with E-state index in [1.807, 2.05) is 0 Å². The van der Waals surface area contributed by atoms with E-state index in [1.165, 1.54) is 6.07 Å². The van der Waals surface area contributed by atoms with Gasteiger partial charge in [0.1, 0.15) is 0 Å². The Morgan fingerprint density at radius 3 is 2.30 bits per heavy atom. The molecule has 0 spiro atoms. The molecule has 1 N–H and O–H groups in total. The van der Waals surface area contributed by atoms with Crippen molar-refractivity contribution >= 4 is 23.2 Å². The van der Waals surface area contributed by atoms with Gasteiger partial charge < -0.3 is 9.84 Å². The van der Waals surface area contributed by atoms with E-state index in [4.69, 9.17) is 23.2 Å². The van der Waals surface area contributed by atoms with Crippen LogP contribution in [0.3, 0.4) is 0 Å². The monoisotopic (exact) mass is 322 g/mol. The fourth-order valence-corrected chi connectivity index (χ4v) is 2.01. The fraction of sp³-hybridized carbons (Fsp3) is 0.0769. The van der Waals surface area contributed by atoms with E-state index < -0.39 is 17.9 Å². The molecule has 0 saturated carbocycles. The summed E-state index contributed by atoms with van der Waals surface area (Å²) in [7, 11) is 0. The Morgan fingerprint density at radius 1 is 1.00 bits per heavy atom. The van der Waals surface area contributed by atoms with Crippen molar-refractivity contribution in [3.8, 4) is 22.6 Å². The van der Waals surface area contributed by atoms with E-state index in [2.05, 4.69) is 4.74 Å². The lowest BCUT2D eigenvalue weighted by Gasteiger charge is -2.12. The van der Waals surface area contributed by atoms with Gasteiger partial charge in [0.2, 0.25) is 0 Å². The summed E-state index contributed by atoms with van der Waals surface area (Å²) in [4.78, 5) is 0. The Morgan fingerprint density at radius 2 is 1.70 bits per heavy atom. The zero-order valence-electron chi connectivity index (χ0n) is 9.71. The molecular weight excluding hydrogens is 316 g/mol. The second-order valence-electron chi connectivity index (χ2n) is 3.85. The zero-order valence-corrected chi connectivity index (χ0v) is 11.2. The first-order valence-corrected chi connectivity index (χ1v) is 6.06. The van der Waals surface area contributed by atoms with Crippen LogP contribution in [-0.2, 0) is 0 Å². The highest BCUT2D eigenvalue weighted by atomic mass is 35.5. The minimum absolute atomic E-state index is 0.360. The third-order valence-electron chi connectivity index (χ3n) is 2.42. The van der Waals surface area contributed by atoms with E-state index >= 15 is 0 Å². The molecule has 0 radical (unpaired) electrons. The maximum atomic E-state index is 12.1. The van der Waals surface area contributed by atoms with Crippen LogP contribution in [0.15, 0.2) is 36.4 Å². The molecule has 0 atom stereocenters. The second-order valence-corrected chi connectivity index (χ2v) is 4.70. The van der Waals surface area contributed by atoms with Crippen LogP contribution < -0.4 is 4.74 Å². The van der Waals surface area contributed by atoms with Gasteiger partial charge >= 0.3 is 6.36 Å². The average molecular weight is 323 g/mol. The van der Waals surface area contributed by atoms with Gasteiger partial charge in [-0.25, -0.2) is 0 Å². The summed E-state index contributed by atoms with van der Waals surface area (Å²) in [6, 6.07) is 8.15.